The maximum atomic E-state index is 13.2. The number of carbonyl (C=O) groups is 1. The average molecular weight is 442 g/mol. The smallest absolute Gasteiger partial charge is 0.337 e. The van der Waals surface area contributed by atoms with Gasteiger partial charge in [-0.3, -0.25) is 4.98 Å². The van der Waals surface area contributed by atoms with Gasteiger partial charge in [0, 0.05) is 22.2 Å². The zero-order chi connectivity index (χ0) is 20.3. The lowest BCUT2D eigenvalue weighted by molar-refractivity contribution is 0.0695. The van der Waals surface area contributed by atoms with E-state index in [9.17, 15) is 14.3 Å². The number of carboxylic acids is 1. The molecule has 1 aromatic heterocycles. The first-order valence-electron chi connectivity index (χ1n) is 9.10. The van der Waals surface area contributed by atoms with Gasteiger partial charge in [-0.05, 0) is 53.8 Å². The van der Waals surface area contributed by atoms with Crippen molar-refractivity contribution < 1.29 is 14.3 Å². The number of hydrogen-bond donors (Lipinski definition) is 1. The van der Waals surface area contributed by atoms with Crippen LogP contribution in [-0.4, -0.2) is 16.1 Å². The fourth-order valence-electron chi connectivity index (χ4n) is 3.13. The number of rotatable bonds is 6. The summed E-state index contributed by atoms with van der Waals surface area (Å²) >= 11 is 3.43. The molecule has 0 radical (unpaired) electrons. The number of halogens is 2. The van der Waals surface area contributed by atoms with Crippen LogP contribution in [0.1, 0.15) is 41.2 Å². The predicted molar refractivity (Wildman–Crippen MR) is 112 cm³/mol. The van der Waals surface area contributed by atoms with Gasteiger partial charge in [0.15, 0.2) is 0 Å². The van der Waals surface area contributed by atoms with Gasteiger partial charge in [-0.1, -0.05) is 54.0 Å². The molecule has 0 aliphatic rings. The molecule has 0 fully saturated rings. The van der Waals surface area contributed by atoms with Gasteiger partial charge in [-0.25, -0.2) is 9.18 Å². The van der Waals surface area contributed by atoms with E-state index >= 15 is 0 Å². The number of nitrogens with zero attached hydrogens (tertiary/aromatic N) is 1. The molecule has 0 amide bonds. The number of aromatic nitrogens is 1. The zero-order valence-electron chi connectivity index (χ0n) is 15.7. The summed E-state index contributed by atoms with van der Waals surface area (Å²) in [6.45, 7) is 4.22. The van der Waals surface area contributed by atoms with E-state index in [-0.39, 0.29) is 11.4 Å². The van der Waals surface area contributed by atoms with Crippen LogP contribution in [0, 0.1) is 11.7 Å². The Balaban J connectivity index is 2.12. The molecule has 2 aromatic carbocycles. The molecule has 0 saturated carbocycles. The van der Waals surface area contributed by atoms with Gasteiger partial charge in [-0.2, -0.15) is 0 Å². The predicted octanol–water partition coefficient (Wildman–Crippen LogP) is 6.14. The van der Waals surface area contributed by atoms with Crippen molar-refractivity contribution in [1.29, 1.82) is 0 Å². The monoisotopic (exact) mass is 441 g/mol. The molecule has 0 aliphatic heterocycles. The number of aromatic carboxylic acids is 1. The van der Waals surface area contributed by atoms with Crippen LogP contribution in [0.25, 0.3) is 11.1 Å². The van der Waals surface area contributed by atoms with E-state index in [1.807, 2.05) is 24.3 Å². The molecule has 3 aromatic rings. The summed E-state index contributed by atoms with van der Waals surface area (Å²) in [7, 11) is 0. The summed E-state index contributed by atoms with van der Waals surface area (Å²) in [4.78, 5) is 16.7. The SMILES string of the molecule is CC(C)Cc1nc(Cc2ccc(F)cc2)c(C(=O)O)cc1-c1ccc(Br)cc1. The van der Waals surface area contributed by atoms with E-state index in [1.54, 1.807) is 18.2 Å². The van der Waals surface area contributed by atoms with E-state index in [2.05, 4.69) is 29.8 Å². The number of pyridine rings is 1. The highest BCUT2D eigenvalue weighted by Crippen LogP contribution is 2.29. The first kappa shape index (κ1) is 20.2. The first-order chi connectivity index (χ1) is 13.3. The number of benzene rings is 2. The van der Waals surface area contributed by atoms with E-state index in [0.29, 0.717) is 18.0 Å². The molecule has 0 bridgehead atoms. The van der Waals surface area contributed by atoms with Crippen molar-refractivity contribution in [2.45, 2.75) is 26.7 Å². The Labute approximate surface area is 172 Å². The standard InChI is InChI=1S/C23H21BrFNO2/c1-14(2)11-21-19(16-5-7-17(24)8-6-16)13-20(23(27)28)22(26-21)12-15-3-9-18(25)10-4-15/h3-10,13-14H,11-12H2,1-2H3,(H,27,28). The first-order valence-corrected chi connectivity index (χ1v) is 9.89. The van der Waals surface area contributed by atoms with Crippen molar-refractivity contribution >= 4 is 21.9 Å². The van der Waals surface area contributed by atoms with Gasteiger partial charge in [0.2, 0.25) is 0 Å². The summed E-state index contributed by atoms with van der Waals surface area (Å²) in [5.74, 6) is -0.962. The second-order valence-corrected chi connectivity index (χ2v) is 8.11. The second kappa shape index (κ2) is 8.65. The third-order valence-electron chi connectivity index (χ3n) is 4.45. The molecule has 1 heterocycles. The quantitative estimate of drug-likeness (QED) is 0.499. The zero-order valence-corrected chi connectivity index (χ0v) is 17.3. The molecule has 0 spiro atoms. The second-order valence-electron chi connectivity index (χ2n) is 7.19. The molecule has 3 nitrogen and oxygen atoms in total. The Hall–Kier alpha value is -2.53. The number of carboxylic acid groups (broad SMARTS) is 1. The van der Waals surface area contributed by atoms with Gasteiger partial charge < -0.3 is 5.11 Å². The minimum atomic E-state index is -1.01. The summed E-state index contributed by atoms with van der Waals surface area (Å²) < 4.78 is 14.2. The summed E-state index contributed by atoms with van der Waals surface area (Å²) in [6.07, 6.45) is 1.08. The van der Waals surface area contributed by atoms with E-state index in [4.69, 9.17) is 4.98 Å². The van der Waals surface area contributed by atoms with Crippen molar-refractivity contribution in [3.63, 3.8) is 0 Å². The van der Waals surface area contributed by atoms with Gasteiger partial charge in [0.1, 0.15) is 5.82 Å². The van der Waals surface area contributed by atoms with Crippen molar-refractivity contribution in [2.75, 3.05) is 0 Å². The molecular formula is C23H21BrFNO2. The number of hydrogen-bond acceptors (Lipinski definition) is 2. The molecule has 0 unspecified atom stereocenters. The van der Waals surface area contributed by atoms with Gasteiger partial charge >= 0.3 is 5.97 Å². The van der Waals surface area contributed by atoms with Crippen LogP contribution < -0.4 is 0 Å². The lowest BCUT2D eigenvalue weighted by Gasteiger charge is -2.16. The van der Waals surface area contributed by atoms with Crippen LogP contribution in [-0.2, 0) is 12.8 Å². The Kier molecular flexibility index (Phi) is 6.25. The van der Waals surface area contributed by atoms with Crippen LogP contribution in [0.2, 0.25) is 0 Å². The lowest BCUT2D eigenvalue weighted by Crippen LogP contribution is -2.11. The van der Waals surface area contributed by atoms with Crippen LogP contribution >= 0.6 is 15.9 Å². The van der Waals surface area contributed by atoms with Crippen molar-refractivity contribution in [3.8, 4) is 11.1 Å². The molecule has 28 heavy (non-hydrogen) atoms. The van der Waals surface area contributed by atoms with Crippen molar-refractivity contribution in [2.24, 2.45) is 5.92 Å². The molecule has 1 N–H and O–H groups in total. The highest BCUT2D eigenvalue weighted by Gasteiger charge is 2.19. The summed E-state index contributed by atoms with van der Waals surface area (Å²) in [5.41, 5.74) is 4.14. The minimum absolute atomic E-state index is 0.176. The van der Waals surface area contributed by atoms with Gasteiger partial charge in [-0.15, -0.1) is 0 Å². The van der Waals surface area contributed by atoms with Crippen LogP contribution in [0.15, 0.2) is 59.1 Å². The fraction of sp³-hybridized carbons (Fsp3) is 0.217. The van der Waals surface area contributed by atoms with Crippen LogP contribution in [0.3, 0.4) is 0 Å². The Bertz CT molecular complexity index is 983. The van der Waals surface area contributed by atoms with E-state index < -0.39 is 5.97 Å². The molecule has 0 atom stereocenters. The third-order valence-corrected chi connectivity index (χ3v) is 4.98. The average Bonchev–Trinajstić information content (AvgIpc) is 2.64. The Morgan fingerprint density at radius 2 is 1.71 bits per heavy atom. The molecule has 3 rings (SSSR count). The van der Waals surface area contributed by atoms with E-state index in [1.165, 1.54) is 12.1 Å². The molecule has 144 valence electrons. The Morgan fingerprint density at radius 3 is 2.29 bits per heavy atom. The van der Waals surface area contributed by atoms with Crippen molar-refractivity contribution in [1.82, 2.24) is 4.98 Å². The highest BCUT2D eigenvalue weighted by molar-refractivity contribution is 9.10. The van der Waals surface area contributed by atoms with Crippen LogP contribution in [0.5, 0.6) is 0 Å². The highest BCUT2D eigenvalue weighted by atomic mass is 79.9. The summed E-state index contributed by atoms with van der Waals surface area (Å²) in [6, 6.07) is 15.6. The normalized spacial score (nSPS) is 11.0. The molecule has 0 saturated heterocycles. The third kappa shape index (κ3) is 4.84. The van der Waals surface area contributed by atoms with Crippen molar-refractivity contribution in [3.05, 3.63) is 87.4 Å². The maximum absolute atomic E-state index is 13.2. The molecule has 5 heteroatoms. The topological polar surface area (TPSA) is 50.2 Å². The van der Waals surface area contributed by atoms with E-state index in [0.717, 1.165) is 33.3 Å². The lowest BCUT2D eigenvalue weighted by atomic mass is 9.94. The Morgan fingerprint density at radius 1 is 1.07 bits per heavy atom. The largest absolute Gasteiger partial charge is 0.478 e. The van der Waals surface area contributed by atoms with Gasteiger partial charge in [0.05, 0.1) is 11.3 Å². The molecule has 0 aliphatic carbocycles. The fourth-order valence-corrected chi connectivity index (χ4v) is 3.40. The molecular weight excluding hydrogens is 421 g/mol. The van der Waals surface area contributed by atoms with Crippen LogP contribution in [0.4, 0.5) is 4.39 Å². The summed E-state index contributed by atoms with van der Waals surface area (Å²) in [5, 5.41) is 9.77. The minimum Gasteiger partial charge on any atom is -0.478 e. The maximum Gasteiger partial charge on any atom is 0.337 e. The van der Waals surface area contributed by atoms with Gasteiger partial charge in [0.25, 0.3) is 0 Å².